The van der Waals surface area contributed by atoms with E-state index in [9.17, 15) is 14.7 Å². The van der Waals surface area contributed by atoms with Crippen LogP contribution in [-0.2, 0) is 9.59 Å². The van der Waals surface area contributed by atoms with E-state index in [1.165, 1.54) is 0 Å². The van der Waals surface area contributed by atoms with Gasteiger partial charge < -0.3 is 14.7 Å². The van der Waals surface area contributed by atoms with Crippen LogP contribution in [0.1, 0.15) is 18.4 Å². The number of ether oxygens (including phenoxy) is 1. The van der Waals surface area contributed by atoms with Crippen LogP contribution in [0.3, 0.4) is 0 Å². The van der Waals surface area contributed by atoms with Crippen molar-refractivity contribution in [2.75, 3.05) is 19.7 Å². The molecule has 118 valence electrons. The molecule has 2 aliphatic rings. The Labute approximate surface area is 129 Å². The molecule has 1 saturated heterocycles. The molecule has 1 aliphatic heterocycles. The second kappa shape index (κ2) is 5.99. The van der Waals surface area contributed by atoms with E-state index < -0.39 is 11.9 Å². The fourth-order valence-electron chi connectivity index (χ4n) is 3.17. The molecule has 3 rings (SSSR count). The second-order valence-electron chi connectivity index (χ2n) is 6.35. The number of nitrogens with zero attached hydrogens (tertiary/aromatic N) is 1. The summed E-state index contributed by atoms with van der Waals surface area (Å²) in [7, 11) is 0. The van der Waals surface area contributed by atoms with E-state index in [2.05, 4.69) is 0 Å². The fourth-order valence-corrected chi connectivity index (χ4v) is 3.17. The van der Waals surface area contributed by atoms with Gasteiger partial charge in [0.2, 0.25) is 0 Å². The molecule has 0 spiro atoms. The Morgan fingerprint density at radius 3 is 2.50 bits per heavy atom. The number of aliphatic carboxylic acids is 1. The average Bonchev–Trinajstić information content (AvgIpc) is 3.24. The zero-order valence-electron chi connectivity index (χ0n) is 12.7. The Morgan fingerprint density at radius 2 is 1.91 bits per heavy atom. The number of carbonyl (C=O) groups excluding carboxylic acids is 1. The summed E-state index contributed by atoms with van der Waals surface area (Å²) in [5, 5.41) is 9.32. The SMILES string of the molecule is Cc1ccc(OCC(=O)N2C[C@H](C(=O)O)[C@@H](C3CC3)C2)cc1. The van der Waals surface area contributed by atoms with Gasteiger partial charge in [-0.25, -0.2) is 0 Å². The molecule has 1 amide bonds. The van der Waals surface area contributed by atoms with E-state index in [4.69, 9.17) is 4.74 Å². The van der Waals surface area contributed by atoms with Crippen LogP contribution in [0, 0.1) is 24.7 Å². The van der Waals surface area contributed by atoms with Crippen LogP contribution < -0.4 is 4.74 Å². The normalized spacial score (nSPS) is 24.3. The van der Waals surface area contributed by atoms with E-state index in [1.54, 1.807) is 4.90 Å². The molecule has 0 aromatic heterocycles. The number of likely N-dealkylation sites (tertiary alicyclic amines) is 1. The maximum Gasteiger partial charge on any atom is 0.308 e. The van der Waals surface area contributed by atoms with E-state index in [-0.39, 0.29) is 18.4 Å². The largest absolute Gasteiger partial charge is 0.484 e. The Hall–Kier alpha value is -2.04. The predicted molar refractivity (Wildman–Crippen MR) is 80.6 cm³/mol. The minimum atomic E-state index is -0.786. The van der Waals surface area contributed by atoms with Gasteiger partial charge in [0.05, 0.1) is 5.92 Å². The molecule has 2 atom stereocenters. The van der Waals surface area contributed by atoms with Gasteiger partial charge in [-0.3, -0.25) is 9.59 Å². The molecule has 5 heteroatoms. The average molecular weight is 303 g/mol. The maximum absolute atomic E-state index is 12.3. The summed E-state index contributed by atoms with van der Waals surface area (Å²) >= 11 is 0. The molecule has 0 bridgehead atoms. The summed E-state index contributed by atoms with van der Waals surface area (Å²) in [4.78, 5) is 25.3. The third-order valence-corrected chi connectivity index (χ3v) is 4.65. The van der Waals surface area contributed by atoms with Crippen molar-refractivity contribution in [2.45, 2.75) is 19.8 Å². The Bertz CT molecular complexity index is 565. The number of carbonyl (C=O) groups is 2. The minimum Gasteiger partial charge on any atom is -0.484 e. The topological polar surface area (TPSA) is 66.8 Å². The molecule has 1 saturated carbocycles. The van der Waals surface area contributed by atoms with Gasteiger partial charge in [-0.15, -0.1) is 0 Å². The van der Waals surface area contributed by atoms with Crippen molar-refractivity contribution in [2.24, 2.45) is 17.8 Å². The highest BCUT2D eigenvalue weighted by molar-refractivity contribution is 5.80. The zero-order valence-corrected chi connectivity index (χ0v) is 12.7. The molecule has 22 heavy (non-hydrogen) atoms. The van der Waals surface area contributed by atoms with Gasteiger partial charge in [0.25, 0.3) is 5.91 Å². The van der Waals surface area contributed by atoms with Gasteiger partial charge in [0.1, 0.15) is 5.75 Å². The molecule has 0 unspecified atom stereocenters. The van der Waals surface area contributed by atoms with Crippen molar-refractivity contribution >= 4 is 11.9 Å². The molecule has 0 radical (unpaired) electrons. The van der Waals surface area contributed by atoms with Crippen molar-refractivity contribution in [1.82, 2.24) is 4.90 Å². The molecule has 1 aromatic rings. The van der Waals surface area contributed by atoms with Gasteiger partial charge in [-0.05, 0) is 43.7 Å². The molecule has 1 aliphatic carbocycles. The first-order chi connectivity index (χ1) is 10.5. The quantitative estimate of drug-likeness (QED) is 0.903. The molecule has 1 N–H and O–H groups in total. The molecule has 1 aromatic carbocycles. The summed E-state index contributed by atoms with van der Waals surface area (Å²) in [5.74, 6) is -0.0816. The highest BCUT2D eigenvalue weighted by atomic mass is 16.5. The Morgan fingerprint density at radius 1 is 1.23 bits per heavy atom. The highest BCUT2D eigenvalue weighted by Crippen LogP contribution is 2.44. The van der Waals surface area contributed by atoms with Crippen molar-refractivity contribution in [1.29, 1.82) is 0 Å². The smallest absolute Gasteiger partial charge is 0.308 e. The summed E-state index contributed by atoms with van der Waals surface area (Å²) in [6, 6.07) is 7.53. The first kappa shape index (κ1) is 14.9. The van der Waals surface area contributed by atoms with Crippen LogP contribution in [0.5, 0.6) is 5.75 Å². The standard InChI is InChI=1S/C17H21NO4/c1-11-2-6-13(7-3-11)22-10-16(19)18-8-14(12-4-5-12)15(9-18)17(20)21/h2-3,6-7,12,14-15H,4-5,8-10H2,1H3,(H,20,21)/t14-,15+/m1/s1. The van der Waals surface area contributed by atoms with Crippen LogP contribution >= 0.6 is 0 Å². The van der Waals surface area contributed by atoms with Gasteiger partial charge >= 0.3 is 5.97 Å². The van der Waals surface area contributed by atoms with Crippen LogP contribution in [0.25, 0.3) is 0 Å². The monoisotopic (exact) mass is 303 g/mol. The summed E-state index contributed by atoms with van der Waals surface area (Å²) in [6.45, 7) is 2.82. The van der Waals surface area contributed by atoms with Gasteiger partial charge in [0, 0.05) is 13.1 Å². The van der Waals surface area contributed by atoms with Crippen molar-refractivity contribution in [3.63, 3.8) is 0 Å². The molecule has 1 heterocycles. The Balaban J connectivity index is 1.56. The maximum atomic E-state index is 12.3. The zero-order chi connectivity index (χ0) is 15.7. The summed E-state index contributed by atoms with van der Waals surface area (Å²) in [5.41, 5.74) is 1.13. The van der Waals surface area contributed by atoms with E-state index >= 15 is 0 Å². The number of carboxylic acid groups (broad SMARTS) is 1. The van der Waals surface area contributed by atoms with E-state index in [0.717, 1.165) is 18.4 Å². The van der Waals surface area contributed by atoms with Crippen LogP contribution in [0.15, 0.2) is 24.3 Å². The van der Waals surface area contributed by atoms with Crippen LogP contribution in [0.2, 0.25) is 0 Å². The number of amides is 1. The number of benzene rings is 1. The van der Waals surface area contributed by atoms with Gasteiger partial charge in [-0.1, -0.05) is 17.7 Å². The van der Waals surface area contributed by atoms with Crippen LogP contribution in [0.4, 0.5) is 0 Å². The molecule has 2 fully saturated rings. The highest BCUT2D eigenvalue weighted by Gasteiger charge is 2.46. The predicted octanol–water partition coefficient (Wildman–Crippen LogP) is 1.94. The van der Waals surface area contributed by atoms with Crippen molar-refractivity contribution < 1.29 is 19.4 Å². The summed E-state index contributed by atoms with van der Waals surface area (Å²) in [6.07, 6.45) is 2.19. The lowest BCUT2D eigenvalue weighted by molar-refractivity contribution is -0.142. The minimum absolute atomic E-state index is 0.0349. The Kier molecular flexibility index (Phi) is 4.05. The number of carboxylic acids is 1. The number of hydrogen-bond donors (Lipinski definition) is 1. The van der Waals surface area contributed by atoms with Crippen LogP contribution in [-0.4, -0.2) is 41.6 Å². The number of hydrogen-bond acceptors (Lipinski definition) is 3. The fraction of sp³-hybridized carbons (Fsp3) is 0.529. The van der Waals surface area contributed by atoms with Crippen molar-refractivity contribution in [3.05, 3.63) is 29.8 Å². The lowest BCUT2D eigenvalue weighted by Gasteiger charge is -2.16. The van der Waals surface area contributed by atoms with E-state index in [0.29, 0.717) is 24.8 Å². The first-order valence-electron chi connectivity index (χ1n) is 7.74. The second-order valence-corrected chi connectivity index (χ2v) is 6.35. The number of aryl methyl sites for hydroxylation is 1. The van der Waals surface area contributed by atoms with Gasteiger partial charge in [-0.2, -0.15) is 0 Å². The molecular formula is C17H21NO4. The lowest BCUT2D eigenvalue weighted by atomic mass is 9.92. The number of rotatable bonds is 5. The first-order valence-corrected chi connectivity index (χ1v) is 7.74. The van der Waals surface area contributed by atoms with E-state index in [1.807, 2.05) is 31.2 Å². The third-order valence-electron chi connectivity index (χ3n) is 4.65. The molecule has 5 nitrogen and oxygen atoms in total. The molecular weight excluding hydrogens is 282 g/mol. The summed E-state index contributed by atoms with van der Waals surface area (Å²) < 4.78 is 5.50. The lowest BCUT2D eigenvalue weighted by Crippen LogP contribution is -2.33. The third kappa shape index (κ3) is 3.24. The van der Waals surface area contributed by atoms with Crippen molar-refractivity contribution in [3.8, 4) is 5.75 Å². The van der Waals surface area contributed by atoms with Gasteiger partial charge in [0.15, 0.2) is 6.61 Å².